The Morgan fingerprint density at radius 2 is 1.73 bits per heavy atom. The van der Waals surface area contributed by atoms with Crippen molar-refractivity contribution in [2.45, 2.75) is 26.2 Å². The fourth-order valence-electron chi connectivity index (χ4n) is 0.904. The number of rotatable bonds is 8. The minimum Gasteiger partial charge on any atom is -0.318 e. The molecule has 0 aromatic carbocycles. The number of hydrogen-bond acceptors (Lipinski definition) is 3. The Hall–Kier alpha value is -0.120. The lowest BCUT2D eigenvalue weighted by Crippen LogP contribution is -2.31. The van der Waals surface area contributed by atoms with Crippen LogP contribution in [0.4, 0.5) is 0 Å². The number of hydrogen-bond donors (Lipinski definition) is 3. The molecule has 4 N–H and O–H groups in total. The van der Waals surface area contributed by atoms with Crippen molar-refractivity contribution in [3.63, 3.8) is 0 Å². The second kappa shape index (κ2) is 9.88. The topological polar surface area (TPSA) is 50.1 Å². The molecule has 0 atom stereocenters. The van der Waals surface area contributed by atoms with Crippen LogP contribution in [0, 0.1) is 0 Å². The van der Waals surface area contributed by atoms with E-state index >= 15 is 0 Å². The monoisotopic (exact) mass is 159 g/mol. The molecule has 0 aliphatic rings. The molecule has 0 radical (unpaired) electrons. The van der Waals surface area contributed by atoms with Gasteiger partial charge in [0.15, 0.2) is 0 Å². The van der Waals surface area contributed by atoms with Crippen molar-refractivity contribution < 1.29 is 0 Å². The van der Waals surface area contributed by atoms with E-state index in [2.05, 4.69) is 17.6 Å². The quantitative estimate of drug-likeness (QED) is 0.352. The Morgan fingerprint density at radius 3 is 2.36 bits per heavy atom. The van der Waals surface area contributed by atoms with E-state index in [1.165, 1.54) is 19.3 Å². The molecular formula is C8H21N3. The Morgan fingerprint density at radius 1 is 1.00 bits per heavy atom. The molecule has 0 fully saturated rings. The largest absolute Gasteiger partial charge is 0.318 e. The van der Waals surface area contributed by atoms with Crippen molar-refractivity contribution in [1.29, 1.82) is 0 Å². The smallest absolute Gasteiger partial charge is 0.0429 e. The summed E-state index contributed by atoms with van der Waals surface area (Å²) in [4.78, 5) is 0. The lowest BCUT2D eigenvalue weighted by molar-refractivity contribution is 0.586. The minimum atomic E-state index is 0.580. The van der Waals surface area contributed by atoms with Gasteiger partial charge in [0.05, 0.1) is 0 Å². The van der Waals surface area contributed by atoms with Crippen molar-refractivity contribution >= 4 is 0 Å². The summed E-state index contributed by atoms with van der Waals surface area (Å²) in [6.45, 7) is 5.94. The van der Waals surface area contributed by atoms with E-state index in [1.54, 1.807) is 0 Å². The Kier molecular flexibility index (Phi) is 9.77. The standard InChI is InChI=1S/C8H21N3/c1-2-3-4-5-10-6-7-11-8-9/h10-11H,2-9H2,1H3. The van der Waals surface area contributed by atoms with Gasteiger partial charge in [-0.05, 0) is 13.0 Å². The van der Waals surface area contributed by atoms with E-state index < -0.39 is 0 Å². The SMILES string of the molecule is CCCCCNCCNCN. The van der Waals surface area contributed by atoms with Crippen LogP contribution in [0.25, 0.3) is 0 Å². The maximum atomic E-state index is 5.25. The number of nitrogens with one attached hydrogen (secondary N) is 2. The summed E-state index contributed by atoms with van der Waals surface area (Å²) in [7, 11) is 0. The predicted molar refractivity (Wildman–Crippen MR) is 49.5 cm³/mol. The molecule has 3 nitrogen and oxygen atoms in total. The first-order chi connectivity index (χ1) is 5.41. The molecule has 0 unspecified atom stereocenters. The van der Waals surface area contributed by atoms with Gasteiger partial charge >= 0.3 is 0 Å². The van der Waals surface area contributed by atoms with Crippen LogP contribution in [0.1, 0.15) is 26.2 Å². The molecule has 68 valence electrons. The van der Waals surface area contributed by atoms with Gasteiger partial charge in [0.25, 0.3) is 0 Å². The summed E-state index contributed by atoms with van der Waals surface area (Å²) < 4.78 is 0. The zero-order chi connectivity index (χ0) is 8.36. The van der Waals surface area contributed by atoms with Crippen molar-refractivity contribution in [3.05, 3.63) is 0 Å². The average molecular weight is 159 g/mol. The third kappa shape index (κ3) is 9.88. The lowest BCUT2D eigenvalue weighted by atomic mass is 10.2. The number of unbranched alkanes of at least 4 members (excludes halogenated alkanes) is 2. The molecule has 0 rings (SSSR count). The fourth-order valence-corrected chi connectivity index (χ4v) is 0.904. The van der Waals surface area contributed by atoms with Crippen LogP contribution < -0.4 is 16.4 Å². The predicted octanol–water partition coefficient (Wildman–Crippen LogP) is 0.272. The van der Waals surface area contributed by atoms with Crippen molar-refractivity contribution in [3.8, 4) is 0 Å². The van der Waals surface area contributed by atoms with Gasteiger partial charge in [-0.3, -0.25) is 0 Å². The maximum absolute atomic E-state index is 5.25. The highest BCUT2D eigenvalue weighted by atomic mass is 15.0. The summed E-state index contributed by atoms with van der Waals surface area (Å²) in [6, 6.07) is 0. The molecule has 0 aromatic heterocycles. The van der Waals surface area contributed by atoms with Crippen LogP contribution in [-0.4, -0.2) is 26.3 Å². The molecule has 0 saturated heterocycles. The summed E-state index contributed by atoms with van der Waals surface area (Å²) >= 11 is 0. The zero-order valence-corrected chi connectivity index (χ0v) is 7.53. The molecule has 0 bridgehead atoms. The van der Waals surface area contributed by atoms with Crippen LogP contribution in [0.3, 0.4) is 0 Å². The van der Waals surface area contributed by atoms with E-state index in [9.17, 15) is 0 Å². The van der Waals surface area contributed by atoms with Gasteiger partial charge in [-0.25, -0.2) is 0 Å². The summed E-state index contributed by atoms with van der Waals surface area (Å²) in [5.41, 5.74) is 5.25. The highest BCUT2D eigenvalue weighted by Gasteiger charge is 1.86. The summed E-state index contributed by atoms with van der Waals surface area (Å²) in [5, 5.41) is 6.39. The van der Waals surface area contributed by atoms with Crippen LogP contribution in [0.2, 0.25) is 0 Å². The molecule has 0 aliphatic carbocycles. The normalized spacial score (nSPS) is 10.4. The van der Waals surface area contributed by atoms with Crippen molar-refractivity contribution in [1.82, 2.24) is 10.6 Å². The number of nitrogens with two attached hydrogens (primary N) is 1. The first-order valence-corrected chi connectivity index (χ1v) is 4.53. The first-order valence-electron chi connectivity index (χ1n) is 4.53. The summed E-state index contributed by atoms with van der Waals surface area (Å²) in [6.07, 6.45) is 3.92. The molecule has 0 saturated carbocycles. The minimum absolute atomic E-state index is 0.580. The third-order valence-corrected chi connectivity index (χ3v) is 1.58. The van der Waals surface area contributed by atoms with Gasteiger partial charge < -0.3 is 16.4 Å². The Bertz CT molecular complexity index is 58.4. The highest BCUT2D eigenvalue weighted by Crippen LogP contribution is 1.90. The second-order valence-corrected chi connectivity index (χ2v) is 2.66. The van der Waals surface area contributed by atoms with Crippen molar-refractivity contribution in [2.75, 3.05) is 26.3 Å². The van der Waals surface area contributed by atoms with Gasteiger partial charge in [-0.2, -0.15) is 0 Å². The first kappa shape index (κ1) is 10.9. The molecule has 0 spiro atoms. The van der Waals surface area contributed by atoms with E-state index in [0.717, 1.165) is 19.6 Å². The third-order valence-electron chi connectivity index (χ3n) is 1.58. The van der Waals surface area contributed by atoms with Gasteiger partial charge in [-0.15, -0.1) is 0 Å². The molecule has 3 heteroatoms. The van der Waals surface area contributed by atoms with Crippen LogP contribution in [-0.2, 0) is 0 Å². The lowest BCUT2D eigenvalue weighted by Gasteiger charge is -2.03. The summed E-state index contributed by atoms with van der Waals surface area (Å²) in [5.74, 6) is 0. The van der Waals surface area contributed by atoms with E-state index in [0.29, 0.717) is 6.67 Å². The molecule has 0 aromatic rings. The molecular weight excluding hydrogens is 138 g/mol. The van der Waals surface area contributed by atoms with Crippen LogP contribution in [0.5, 0.6) is 0 Å². The molecule has 0 aliphatic heterocycles. The molecule has 0 heterocycles. The van der Waals surface area contributed by atoms with Gasteiger partial charge in [0, 0.05) is 19.8 Å². The van der Waals surface area contributed by atoms with E-state index in [4.69, 9.17) is 5.73 Å². The zero-order valence-electron chi connectivity index (χ0n) is 7.53. The Labute approximate surface area is 69.7 Å². The van der Waals surface area contributed by atoms with Gasteiger partial charge in [0.2, 0.25) is 0 Å². The average Bonchev–Trinajstić information content (AvgIpc) is 2.03. The van der Waals surface area contributed by atoms with Gasteiger partial charge in [0.1, 0.15) is 0 Å². The van der Waals surface area contributed by atoms with Crippen LogP contribution >= 0.6 is 0 Å². The van der Waals surface area contributed by atoms with Gasteiger partial charge in [-0.1, -0.05) is 19.8 Å². The molecule has 0 amide bonds. The highest BCUT2D eigenvalue weighted by molar-refractivity contribution is 4.50. The second-order valence-electron chi connectivity index (χ2n) is 2.66. The maximum Gasteiger partial charge on any atom is 0.0429 e. The Balaban J connectivity index is 2.69. The fraction of sp³-hybridized carbons (Fsp3) is 1.00. The van der Waals surface area contributed by atoms with Crippen molar-refractivity contribution in [2.24, 2.45) is 5.73 Å². The van der Waals surface area contributed by atoms with E-state index in [1.807, 2.05) is 0 Å². The molecule has 11 heavy (non-hydrogen) atoms. The van der Waals surface area contributed by atoms with E-state index in [-0.39, 0.29) is 0 Å². The van der Waals surface area contributed by atoms with Crippen LogP contribution in [0.15, 0.2) is 0 Å².